The van der Waals surface area contributed by atoms with Gasteiger partial charge in [-0.1, -0.05) is 0 Å². The molecule has 0 bridgehead atoms. The summed E-state index contributed by atoms with van der Waals surface area (Å²) in [5.74, 6) is 1.28. The summed E-state index contributed by atoms with van der Waals surface area (Å²) in [6.07, 6.45) is 1.55. The normalized spacial score (nSPS) is 10.1. The van der Waals surface area contributed by atoms with Crippen LogP contribution in [0.25, 0.3) is 0 Å². The van der Waals surface area contributed by atoms with Gasteiger partial charge in [-0.25, -0.2) is 0 Å². The third-order valence-corrected chi connectivity index (χ3v) is 3.24. The molecule has 19 heavy (non-hydrogen) atoms. The Kier molecular flexibility index (Phi) is 4.06. The monoisotopic (exact) mass is 325 g/mol. The number of carbonyl (C=O) groups excluding carboxylic acids is 1. The summed E-state index contributed by atoms with van der Waals surface area (Å²) in [4.78, 5) is 12.1. The van der Waals surface area contributed by atoms with Gasteiger partial charge >= 0.3 is 0 Å². The van der Waals surface area contributed by atoms with Crippen molar-refractivity contribution in [2.24, 2.45) is 0 Å². The lowest BCUT2D eigenvalue weighted by Gasteiger charge is -2.11. The van der Waals surface area contributed by atoms with Crippen LogP contribution in [-0.2, 0) is 0 Å². The minimum absolute atomic E-state index is 0.284. The number of anilines is 1. The van der Waals surface area contributed by atoms with Crippen molar-refractivity contribution in [2.75, 3.05) is 19.5 Å². The maximum absolute atomic E-state index is 12.1. The highest BCUT2D eigenvalue weighted by atomic mass is 79.9. The quantitative estimate of drug-likeness (QED) is 0.905. The second kappa shape index (κ2) is 5.75. The van der Waals surface area contributed by atoms with Crippen molar-refractivity contribution in [3.05, 3.63) is 34.4 Å². The number of halogens is 1. The molecule has 0 spiro atoms. The number of rotatable bonds is 4. The Morgan fingerprint density at radius 1 is 1.32 bits per heavy atom. The Balaban J connectivity index is 2.31. The molecule has 0 saturated carbocycles. The van der Waals surface area contributed by atoms with Crippen LogP contribution >= 0.6 is 15.9 Å². The highest BCUT2D eigenvalue weighted by Gasteiger charge is 2.15. The molecule has 2 rings (SSSR count). The first-order chi connectivity index (χ1) is 9.15. The topological polar surface area (TPSA) is 76.2 Å². The summed E-state index contributed by atoms with van der Waals surface area (Å²) in [5, 5.41) is 9.08. The van der Waals surface area contributed by atoms with Crippen LogP contribution in [0.15, 0.2) is 28.9 Å². The first kappa shape index (κ1) is 13.4. The highest BCUT2D eigenvalue weighted by Crippen LogP contribution is 2.35. The lowest BCUT2D eigenvalue weighted by molar-refractivity contribution is 0.102. The Morgan fingerprint density at radius 2 is 1.95 bits per heavy atom. The number of methoxy groups -OCH3 is 2. The van der Waals surface area contributed by atoms with E-state index in [1.54, 1.807) is 24.4 Å². The Hall–Kier alpha value is -2.02. The molecule has 0 aliphatic carbocycles. The van der Waals surface area contributed by atoms with Crippen LogP contribution in [0.4, 0.5) is 5.82 Å². The van der Waals surface area contributed by atoms with Crippen LogP contribution in [-0.4, -0.2) is 30.3 Å². The van der Waals surface area contributed by atoms with E-state index in [4.69, 9.17) is 9.47 Å². The SMILES string of the molecule is COc1cc(C(=O)Nc2ccn[nH]2)cc(OC)c1Br. The summed E-state index contributed by atoms with van der Waals surface area (Å²) in [7, 11) is 3.05. The van der Waals surface area contributed by atoms with Gasteiger partial charge in [0.25, 0.3) is 5.91 Å². The van der Waals surface area contributed by atoms with Crippen LogP contribution in [0.2, 0.25) is 0 Å². The predicted octanol–water partition coefficient (Wildman–Crippen LogP) is 2.44. The number of H-pyrrole nitrogens is 1. The summed E-state index contributed by atoms with van der Waals surface area (Å²) < 4.78 is 11.0. The van der Waals surface area contributed by atoms with Crippen molar-refractivity contribution in [2.45, 2.75) is 0 Å². The molecule has 1 heterocycles. The number of nitrogens with zero attached hydrogens (tertiary/aromatic N) is 1. The molecule has 0 radical (unpaired) electrons. The van der Waals surface area contributed by atoms with Crippen molar-refractivity contribution in [1.82, 2.24) is 10.2 Å². The molecule has 0 atom stereocenters. The Labute approximate surface area is 118 Å². The molecule has 6 nitrogen and oxygen atoms in total. The van der Waals surface area contributed by atoms with Gasteiger partial charge in [-0.2, -0.15) is 5.10 Å². The minimum atomic E-state index is -0.284. The van der Waals surface area contributed by atoms with E-state index in [2.05, 4.69) is 31.4 Å². The molecule has 2 N–H and O–H groups in total. The fourth-order valence-corrected chi connectivity index (χ4v) is 2.07. The van der Waals surface area contributed by atoms with E-state index in [1.807, 2.05) is 0 Å². The van der Waals surface area contributed by atoms with Crippen LogP contribution in [0.1, 0.15) is 10.4 Å². The molecule has 100 valence electrons. The summed E-state index contributed by atoms with van der Waals surface area (Å²) in [5.41, 5.74) is 0.423. The highest BCUT2D eigenvalue weighted by molar-refractivity contribution is 9.10. The van der Waals surface area contributed by atoms with Gasteiger partial charge in [-0.05, 0) is 28.1 Å². The molecular formula is C12H12BrN3O3. The molecule has 1 amide bonds. The second-order valence-corrected chi connectivity index (χ2v) is 4.41. The van der Waals surface area contributed by atoms with E-state index in [1.165, 1.54) is 14.2 Å². The van der Waals surface area contributed by atoms with Crippen molar-refractivity contribution >= 4 is 27.7 Å². The molecule has 0 saturated heterocycles. The number of ether oxygens (including phenoxy) is 2. The van der Waals surface area contributed by atoms with Gasteiger partial charge in [0.1, 0.15) is 21.8 Å². The van der Waals surface area contributed by atoms with Gasteiger partial charge in [0.2, 0.25) is 0 Å². The molecule has 0 unspecified atom stereocenters. The third-order valence-electron chi connectivity index (χ3n) is 2.46. The second-order valence-electron chi connectivity index (χ2n) is 3.62. The number of amides is 1. The van der Waals surface area contributed by atoms with Gasteiger partial charge in [0.15, 0.2) is 0 Å². The third kappa shape index (κ3) is 2.87. The molecule has 1 aromatic heterocycles. The van der Waals surface area contributed by atoms with Gasteiger partial charge < -0.3 is 14.8 Å². The van der Waals surface area contributed by atoms with Crippen molar-refractivity contribution < 1.29 is 14.3 Å². The van der Waals surface area contributed by atoms with Gasteiger partial charge in [0.05, 0.1) is 20.4 Å². The van der Waals surface area contributed by atoms with E-state index in [9.17, 15) is 4.79 Å². The summed E-state index contributed by atoms with van der Waals surface area (Å²) in [6, 6.07) is 4.90. The van der Waals surface area contributed by atoms with Crippen molar-refractivity contribution in [3.63, 3.8) is 0 Å². The molecule has 0 aliphatic rings. The number of hydrogen-bond acceptors (Lipinski definition) is 4. The fraction of sp³-hybridized carbons (Fsp3) is 0.167. The Morgan fingerprint density at radius 3 is 2.42 bits per heavy atom. The van der Waals surface area contributed by atoms with Gasteiger partial charge in [-0.15, -0.1) is 0 Å². The number of aromatic amines is 1. The first-order valence-electron chi connectivity index (χ1n) is 5.38. The summed E-state index contributed by atoms with van der Waals surface area (Å²) >= 11 is 3.35. The largest absolute Gasteiger partial charge is 0.495 e. The zero-order valence-electron chi connectivity index (χ0n) is 10.4. The molecular weight excluding hydrogens is 314 g/mol. The molecule has 7 heteroatoms. The van der Waals surface area contributed by atoms with Crippen molar-refractivity contribution in [3.8, 4) is 11.5 Å². The summed E-state index contributed by atoms with van der Waals surface area (Å²) in [6.45, 7) is 0. The lowest BCUT2D eigenvalue weighted by atomic mass is 10.2. The predicted molar refractivity (Wildman–Crippen MR) is 73.8 cm³/mol. The number of nitrogens with one attached hydrogen (secondary N) is 2. The van der Waals surface area contributed by atoms with Crippen molar-refractivity contribution in [1.29, 1.82) is 0 Å². The Bertz CT molecular complexity index is 559. The zero-order chi connectivity index (χ0) is 13.8. The molecule has 1 aromatic carbocycles. The van der Waals surface area contributed by atoms with Crippen LogP contribution in [0, 0.1) is 0 Å². The standard InChI is InChI=1S/C12H12BrN3O3/c1-18-8-5-7(6-9(19-2)11(8)13)12(17)15-10-3-4-14-16-10/h3-6H,1-2H3,(H2,14,15,16,17). The number of aromatic nitrogens is 2. The van der Waals surface area contributed by atoms with E-state index in [-0.39, 0.29) is 5.91 Å². The molecule has 2 aromatic rings. The maximum atomic E-state index is 12.1. The lowest BCUT2D eigenvalue weighted by Crippen LogP contribution is -2.12. The number of hydrogen-bond donors (Lipinski definition) is 2. The van der Waals surface area contributed by atoms with E-state index in [0.717, 1.165) is 0 Å². The average Bonchev–Trinajstić information content (AvgIpc) is 2.91. The molecule has 0 aliphatic heterocycles. The average molecular weight is 326 g/mol. The smallest absolute Gasteiger partial charge is 0.257 e. The van der Waals surface area contributed by atoms with Gasteiger partial charge in [0, 0.05) is 11.6 Å². The van der Waals surface area contributed by atoms with E-state index >= 15 is 0 Å². The first-order valence-corrected chi connectivity index (χ1v) is 6.17. The van der Waals surface area contributed by atoms with E-state index < -0.39 is 0 Å². The fourth-order valence-electron chi connectivity index (χ4n) is 1.52. The minimum Gasteiger partial charge on any atom is -0.495 e. The van der Waals surface area contributed by atoms with Crippen LogP contribution in [0.3, 0.4) is 0 Å². The van der Waals surface area contributed by atoms with E-state index in [0.29, 0.717) is 27.4 Å². The number of carbonyl (C=O) groups is 1. The van der Waals surface area contributed by atoms with Crippen LogP contribution < -0.4 is 14.8 Å². The number of benzene rings is 1. The maximum Gasteiger partial charge on any atom is 0.257 e. The van der Waals surface area contributed by atoms with Crippen LogP contribution in [0.5, 0.6) is 11.5 Å². The molecule has 0 fully saturated rings. The zero-order valence-corrected chi connectivity index (χ0v) is 11.9. The van der Waals surface area contributed by atoms with Gasteiger partial charge in [-0.3, -0.25) is 9.89 Å².